The third kappa shape index (κ3) is 3.29. The highest BCUT2D eigenvalue weighted by Gasteiger charge is 2.13. The van der Waals surface area contributed by atoms with E-state index in [1.165, 1.54) is 37.7 Å². The SMILES string of the molecule is Cc1cc(N)c(Cl)cc1NCC1CCCCC1. The molecule has 0 heterocycles. The van der Waals surface area contributed by atoms with E-state index in [2.05, 4.69) is 12.2 Å². The Bertz CT molecular complexity index is 384. The quantitative estimate of drug-likeness (QED) is 0.791. The number of rotatable bonds is 3. The molecule has 94 valence electrons. The second kappa shape index (κ2) is 5.63. The Labute approximate surface area is 109 Å². The van der Waals surface area contributed by atoms with E-state index in [0.717, 1.165) is 18.2 Å². The summed E-state index contributed by atoms with van der Waals surface area (Å²) in [7, 11) is 0. The van der Waals surface area contributed by atoms with Gasteiger partial charge >= 0.3 is 0 Å². The molecule has 2 rings (SSSR count). The Balaban J connectivity index is 1.96. The van der Waals surface area contributed by atoms with Crippen LogP contribution in [0.2, 0.25) is 5.02 Å². The van der Waals surface area contributed by atoms with E-state index in [0.29, 0.717) is 10.7 Å². The molecule has 0 atom stereocenters. The van der Waals surface area contributed by atoms with Crippen LogP contribution >= 0.6 is 11.6 Å². The number of benzene rings is 1. The highest BCUT2D eigenvalue weighted by atomic mass is 35.5. The molecule has 1 fully saturated rings. The Morgan fingerprint density at radius 2 is 2.00 bits per heavy atom. The Hall–Kier alpha value is -0.890. The van der Waals surface area contributed by atoms with E-state index in [1.807, 2.05) is 12.1 Å². The number of nitrogens with two attached hydrogens (primary N) is 1. The van der Waals surface area contributed by atoms with Crippen molar-refractivity contribution >= 4 is 23.0 Å². The number of anilines is 2. The van der Waals surface area contributed by atoms with Gasteiger partial charge in [-0.2, -0.15) is 0 Å². The molecule has 0 spiro atoms. The van der Waals surface area contributed by atoms with Crippen molar-refractivity contribution in [2.75, 3.05) is 17.6 Å². The Morgan fingerprint density at radius 1 is 1.29 bits per heavy atom. The van der Waals surface area contributed by atoms with Gasteiger partial charge in [0.1, 0.15) is 0 Å². The van der Waals surface area contributed by atoms with Crippen molar-refractivity contribution in [3.8, 4) is 0 Å². The van der Waals surface area contributed by atoms with E-state index >= 15 is 0 Å². The molecule has 0 bridgehead atoms. The van der Waals surface area contributed by atoms with Crippen LogP contribution in [0.15, 0.2) is 12.1 Å². The lowest BCUT2D eigenvalue weighted by atomic mass is 9.89. The maximum absolute atomic E-state index is 6.04. The largest absolute Gasteiger partial charge is 0.398 e. The zero-order valence-corrected chi connectivity index (χ0v) is 11.2. The molecule has 3 heteroatoms. The maximum Gasteiger partial charge on any atom is 0.0656 e. The topological polar surface area (TPSA) is 38.0 Å². The molecule has 2 nitrogen and oxygen atoms in total. The molecular formula is C14H21ClN2. The van der Waals surface area contributed by atoms with Crippen LogP contribution in [-0.4, -0.2) is 6.54 Å². The van der Waals surface area contributed by atoms with Crippen LogP contribution in [0.5, 0.6) is 0 Å². The van der Waals surface area contributed by atoms with Crippen molar-refractivity contribution in [2.24, 2.45) is 5.92 Å². The maximum atomic E-state index is 6.04. The van der Waals surface area contributed by atoms with E-state index in [1.54, 1.807) is 0 Å². The lowest BCUT2D eigenvalue weighted by Crippen LogP contribution is -2.17. The number of aryl methyl sites for hydroxylation is 1. The average molecular weight is 253 g/mol. The van der Waals surface area contributed by atoms with Crippen LogP contribution < -0.4 is 11.1 Å². The van der Waals surface area contributed by atoms with Crippen molar-refractivity contribution in [1.82, 2.24) is 0 Å². The summed E-state index contributed by atoms with van der Waals surface area (Å²) in [5, 5.41) is 4.15. The summed E-state index contributed by atoms with van der Waals surface area (Å²) in [6.45, 7) is 3.12. The number of nitrogens with one attached hydrogen (secondary N) is 1. The van der Waals surface area contributed by atoms with Crippen LogP contribution in [0.3, 0.4) is 0 Å². The summed E-state index contributed by atoms with van der Waals surface area (Å²) in [6, 6.07) is 3.88. The minimum atomic E-state index is 0.641. The van der Waals surface area contributed by atoms with E-state index in [4.69, 9.17) is 17.3 Å². The fraction of sp³-hybridized carbons (Fsp3) is 0.571. The summed E-state index contributed by atoms with van der Waals surface area (Å²) in [6.07, 6.45) is 6.88. The minimum Gasteiger partial charge on any atom is -0.398 e. The normalized spacial score (nSPS) is 17.1. The lowest BCUT2D eigenvalue weighted by molar-refractivity contribution is 0.373. The summed E-state index contributed by atoms with van der Waals surface area (Å²) in [5.74, 6) is 0.819. The first kappa shape index (κ1) is 12.6. The fourth-order valence-corrected chi connectivity index (χ4v) is 2.70. The first-order valence-corrected chi connectivity index (χ1v) is 6.84. The van der Waals surface area contributed by atoms with Crippen LogP contribution in [0.1, 0.15) is 37.7 Å². The van der Waals surface area contributed by atoms with Gasteiger partial charge in [0.25, 0.3) is 0 Å². The third-order valence-electron chi connectivity index (χ3n) is 3.65. The molecule has 3 N–H and O–H groups in total. The number of hydrogen-bond acceptors (Lipinski definition) is 2. The lowest BCUT2D eigenvalue weighted by Gasteiger charge is -2.23. The Kier molecular flexibility index (Phi) is 4.16. The zero-order chi connectivity index (χ0) is 12.3. The van der Waals surface area contributed by atoms with Crippen molar-refractivity contribution in [2.45, 2.75) is 39.0 Å². The fourth-order valence-electron chi connectivity index (χ4n) is 2.54. The standard InChI is InChI=1S/C14H21ClN2/c1-10-7-13(16)12(15)8-14(10)17-9-11-5-3-2-4-6-11/h7-8,11,17H,2-6,9,16H2,1H3. The zero-order valence-electron chi connectivity index (χ0n) is 10.4. The molecule has 1 aromatic carbocycles. The van der Waals surface area contributed by atoms with Gasteiger partial charge < -0.3 is 11.1 Å². The monoisotopic (exact) mass is 252 g/mol. The van der Waals surface area contributed by atoms with E-state index < -0.39 is 0 Å². The van der Waals surface area contributed by atoms with Gasteiger partial charge in [-0.25, -0.2) is 0 Å². The molecule has 0 aliphatic heterocycles. The average Bonchev–Trinajstić information content (AvgIpc) is 2.33. The van der Waals surface area contributed by atoms with Gasteiger partial charge in [-0.1, -0.05) is 30.9 Å². The van der Waals surface area contributed by atoms with Crippen molar-refractivity contribution in [3.05, 3.63) is 22.7 Å². The molecule has 17 heavy (non-hydrogen) atoms. The van der Waals surface area contributed by atoms with Crippen LogP contribution in [0.4, 0.5) is 11.4 Å². The molecule has 0 unspecified atom stereocenters. The molecule has 1 aliphatic rings. The van der Waals surface area contributed by atoms with Crippen molar-refractivity contribution in [3.63, 3.8) is 0 Å². The molecular weight excluding hydrogens is 232 g/mol. The predicted octanol–water partition coefficient (Wildman–Crippen LogP) is 4.22. The molecule has 0 radical (unpaired) electrons. The van der Waals surface area contributed by atoms with Gasteiger partial charge in [0, 0.05) is 12.2 Å². The highest BCUT2D eigenvalue weighted by molar-refractivity contribution is 6.33. The predicted molar refractivity (Wildman–Crippen MR) is 75.7 cm³/mol. The van der Waals surface area contributed by atoms with Gasteiger partial charge in [-0.05, 0) is 43.4 Å². The molecule has 0 aromatic heterocycles. The van der Waals surface area contributed by atoms with Crippen LogP contribution in [0, 0.1) is 12.8 Å². The molecule has 1 aromatic rings. The van der Waals surface area contributed by atoms with Crippen molar-refractivity contribution < 1.29 is 0 Å². The smallest absolute Gasteiger partial charge is 0.0656 e. The van der Waals surface area contributed by atoms with Gasteiger partial charge in [-0.3, -0.25) is 0 Å². The minimum absolute atomic E-state index is 0.641. The second-order valence-corrected chi connectivity index (χ2v) is 5.48. The Morgan fingerprint density at radius 3 is 2.71 bits per heavy atom. The molecule has 0 amide bonds. The molecule has 1 saturated carbocycles. The van der Waals surface area contributed by atoms with Gasteiger partial charge in [0.15, 0.2) is 0 Å². The van der Waals surface area contributed by atoms with E-state index in [-0.39, 0.29) is 0 Å². The number of halogens is 1. The first-order valence-electron chi connectivity index (χ1n) is 6.46. The third-order valence-corrected chi connectivity index (χ3v) is 3.98. The number of hydrogen-bond donors (Lipinski definition) is 2. The van der Waals surface area contributed by atoms with Gasteiger partial charge in [-0.15, -0.1) is 0 Å². The molecule has 1 aliphatic carbocycles. The van der Waals surface area contributed by atoms with Crippen LogP contribution in [-0.2, 0) is 0 Å². The summed E-state index contributed by atoms with van der Waals surface area (Å²) in [5.41, 5.74) is 8.72. The van der Waals surface area contributed by atoms with E-state index in [9.17, 15) is 0 Å². The highest BCUT2D eigenvalue weighted by Crippen LogP contribution is 2.28. The summed E-state index contributed by atoms with van der Waals surface area (Å²) < 4.78 is 0. The van der Waals surface area contributed by atoms with Crippen molar-refractivity contribution in [1.29, 1.82) is 0 Å². The molecule has 0 saturated heterocycles. The van der Waals surface area contributed by atoms with Gasteiger partial charge in [0.2, 0.25) is 0 Å². The second-order valence-electron chi connectivity index (χ2n) is 5.07. The van der Waals surface area contributed by atoms with Crippen LogP contribution in [0.25, 0.3) is 0 Å². The summed E-state index contributed by atoms with van der Waals surface area (Å²) >= 11 is 6.04. The van der Waals surface area contributed by atoms with Gasteiger partial charge in [0.05, 0.1) is 10.7 Å². The summed E-state index contributed by atoms with van der Waals surface area (Å²) in [4.78, 5) is 0. The number of nitrogen functional groups attached to an aromatic ring is 1. The first-order chi connectivity index (χ1) is 8.16.